The SMILES string of the molecule is CN[C@H]1CN(c2ccc3c(c2)OC[C@H](NC(=O)c2sc4nc(C)ccc4c2N)C3)C[C@@H]1O. The zero-order valence-corrected chi connectivity index (χ0v) is 18.9. The van der Waals surface area contributed by atoms with Crippen molar-refractivity contribution in [2.75, 3.05) is 37.4 Å². The summed E-state index contributed by atoms with van der Waals surface area (Å²) in [5.74, 6) is 0.637. The summed E-state index contributed by atoms with van der Waals surface area (Å²) in [6.07, 6.45) is 0.294. The van der Waals surface area contributed by atoms with Crippen LogP contribution in [0.3, 0.4) is 0 Å². The Morgan fingerprint density at radius 3 is 2.94 bits per heavy atom. The molecular formula is C23H27N5O3S. The third kappa shape index (κ3) is 3.76. The van der Waals surface area contributed by atoms with Gasteiger partial charge in [0.1, 0.15) is 22.1 Å². The number of anilines is 2. The number of fused-ring (bicyclic) bond motifs is 2. The average Bonchev–Trinajstić information content (AvgIpc) is 3.32. The molecule has 0 bridgehead atoms. The molecule has 32 heavy (non-hydrogen) atoms. The number of nitrogens with two attached hydrogens (primary N) is 1. The monoisotopic (exact) mass is 453 g/mol. The predicted molar refractivity (Wildman–Crippen MR) is 127 cm³/mol. The average molecular weight is 454 g/mol. The molecule has 2 aliphatic heterocycles. The Bertz CT molecular complexity index is 1180. The van der Waals surface area contributed by atoms with Crippen molar-refractivity contribution < 1.29 is 14.6 Å². The highest BCUT2D eigenvalue weighted by molar-refractivity contribution is 7.21. The van der Waals surface area contributed by atoms with Crippen LogP contribution in [-0.2, 0) is 6.42 Å². The van der Waals surface area contributed by atoms with Gasteiger partial charge in [-0.1, -0.05) is 6.07 Å². The van der Waals surface area contributed by atoms with E-state index in [-0.39, 0.29) is 18.0 Å². The van der Waals surface area contributed by atoms with E-state index in [1.165, 1.54) is 11.3 Å². The highest BCUT2D eigenvalue weighted by atomic mass is 32.1. The molecule has 0 radical (unpaired) electrons. The molecule has 1 aromatic carbocycles. The molecule has 1 saturated heterocycles. The number of carbonyl (C=O) groups excluding carboxylic acids is 1. The van der Waals surface area contributed by atoms with Gasteiger partial charge in [-0.3, -0.25) is 4.79 Å². The van der Waals surface area contributed by atoms with Gasteiger partial charge < -0.3 is 31.1 Å². The number of β-amino-alcohol motifs (C(OH)–C–C–N with tert-alkyl or cyclic N) is 1. The first-order valence-electron chi connectivity index (χ1n) is 10.8. The molecule has 5 N–H and O–H groups in total. The molecular weight excluding hydrogens is 426 g/mol. The topological polar surface area (TPSA) is 113 Å². The maximum atomic E-state index is 12.9. The normalized spacial score (nSPS) is 22.6. The van der Waals surface area contributed by atoms with E-state index in [4.69, 9.17) is 10.5 Å². The molecule has 3 atom stereocenters. The fourth-order valence-corrected chi connectivity index (χ4v) is 5.48. The number of nitrogens with zero attached hydrogens (tertiary/aromatic N) is 2. The highest BCUT2D eigenvalue weighted by Gasteiger charge is 2.31. The summed E-state index contributed by atoms with van der Waals surface area (Å²) in [4.78, 5) is 20.8. The van der Waals surface area contributed by atoms with Crippen molar-refractivity contribution in [2.45, 2.75) is 31.5 Å². The zero-order valence-electron chi connectivity index (χ0n) is 18.1. The zero-order chi connectivity index (χ0) is 22.4. The van der Waals surface area contributed by atoms with Crippen LogP contribution in [0.2, 0.25) is 0 Å². The molecule has 2 aliphatic rings. The van der Waals surface area contributed by atoms with Crippen molar-refractivity contribution in [3.63, 3.8) is 0 Å². The first-order valence-corrected chi connectivity index (χ1v) is 11.6. The summed E-state index contributed by atoms with van der Waals surface area (Å²) in [6.45, 7) is 3.66. The molecule has 0 spiro atoms. The number of nitrogen functional groups attached to an aromatic ring is 1. The van der Waals surface area contributed by atoms with Gasteiger partial charge >= 0.3 is 0 Å². The van der Waals surface area contributed by atoms with E-state index in [1.807, 2.05) is 38.2 Å². The van der Waals surface area contributed by atoms with Crippen LogP contribution < -0.4 is 26.0 Å². The number of carbonyl (C=O) groups is 1. The van der Waals surface area contributed by atoms with Gasteiger partial charge in [0.25, 0.3) is 5.91 Å². The lowest BCUT2D eigenvalue weighted by Gasteiger charge is -2.28. The number of nitrogens with one attached hydrogen (secondary N) is 2. The number of rotatable bonds is 4. The minimum atomic E-state index is -0.392. The van der Waals surface area contributed by atoms with E-state index in [2.05, 4.69) is 26.6 Å². The Labute approximate surface area is 190 Å². The van der Waals surface area contributed by atoms with Crippen LogP contribution in [-0.4, -0.2) is 60.9 Å². The van der Waals surface area contributed by atoms with E-state index in [9.17, 15) is 9.90 Å². The molecule has 168 valence electrons. The number of aliphatic hydroxyl groups excluding tert-OH is 1. The van der Waals surface area contributed by atoms with Crippen molar-refractivity contribution in [3.8, 4) is 5.75 Å². The molecule has 8 nitrogen and oxygen atoms in total. The number of aliphatic hydroxyl groups is 1. The number of amides is 1. The van der Waals surface area contributed by atoms with Gasteiger partial charge in [-0.25, -0.2) is 4.98 Å². The van der Waals surface area contributed by atoms with Gasteiger partial charge in [0, 0.05) is 35.9 Å². The van der Waals surface area contributed by atoms with Crippen molar-refractivity contribution in [1.82, 2.24) is 15.6 Å². The minimum Gasteiger partial charge on any atom is -0.491 e. The summed E-state index contributed by atoms with van der Waals surface area (Å²) < 4.78 is 6.00. The number of thiophene rings is 1. The summed E-state index contributed by atoms with van der Waals surface area (Å²) in [6, 6.07) is 9.85. The molecule has 5 rings (SSSR count). The number of pyridine rings is 1. The van der Waals surface area contributed by atoms with E-state index in [0.29, 0.717) is 30.1 Å². The van der Waals surface area contributed by atoms with E-state index in [1.54, 1.807) is 0 Å². The highest BCUT2D eigenvalue weighted by Crippen LogP contribution is 2.34. The van der Waals surface area contributed by atoms with Gasteiger partial charge in [0.05, 0.1) is 23.9 Å². The number of hydrogen-bond donors (Lipinski definition) is 4. The van der Waals surface area contributed by atoms with Gasteiger partial charge in [-0.2, -0.15) is 0 Å². The second kappa shape index (κ2) is 8.23. The molecule has 0 aliphatic carbocycles. The van der Waals surface area contributed by atoms with Gasteiger partial charge in [-0.05, 0) is 44.2 Å². The molecule has 0 saturated carbocycles. The molecule has 1 amide bonds. The second-order valence-corrected chi connectivity index (χ2v) is 9.49. The Balaban J connectivity index is 1.28. The van der Waals surface area contributed by atoms with Crippen LogP contribution in [0.15, 0.2) is 30.3 Å². The number of likely N-dealkylation sites (N-methyl/N-ethyl adjacent to an activating group) is 1. The van der Waals surface area contributed by atoms with Crippen molar-refractivity contribution in [2.24, 2.45) is 0 Å². The van der Waals surface area contributed by atoms with Crippen LogP contribution in [0.5, 0.6) is 5.75 Å². The van der Waals surface area contributed by atoms with E-state index >= 15 is 0 Å². The Hall–Kier alpha value is -2.88. The quantitative estimate of drug-likeness (QED) is 0.476. The van der Waals surface area contributed by atoms with Crippen molar-refractivity contribution in [3.05, 3.63) is 46.5 Å². The molecule has 2 aromatic heterocycles. The largest absolute Gasteiger partial charge is 0.491 e. The number of benzene rings is 1. The number of hydrogen-bond acceptors (Lipinski definition) is 8. The maximum Gasteiger partial charge on any atom is 0.263 e. The molecule has 0 unspecified atom stereocenters. The van der Waals surface area contributed by atoms with Crippen LogP contribution in [0.4, 0.5) is 11.4 Å². The smallest absolute Gasteiger partial charge is 0.263 e. The number of aryl methyl sites for hydroxylation is 1. The fraction of sp³-hybridized carbons (Fsp3) is 0.391. The van der Waals surface area contributed by atoms with Crippen LogP contribution in [0.25, 0.3) is 10.2 Å². The Morgan fingerprint density at radius 1 is 1.31 bits per heavy atom. The lowest BCUT2D eigenvalue weighted by atomic mass is 10.0. The fourth-order valence-electron chi connectivity index (χ4n) is 4.44. The standard InChI is InChI=1S/C23H27N5O3S/c1-12-3-6-16-20(24)21(32-23(16)26-12)22(30)27-14-7-13-4-5-15(8-19(13)31-11-14)28-9-17(25-2)18(29)10-28/h3-6,8,14,17-18,25,29H,7,9-11,24H2,1-2H3,(H,27,30)/t14-,17+,18+/m1/s1. The summed E-state index contributed by atoms with van der Waals surface area (Å²) in [5.41, 5.74) is 9.68. The van der Waals surface area contributed by atoms with Gasteiger partial charge in [0.2, 0.25) is 0 Å². The number of aromatic nitrogens is 1. The lowest BCUT2D eigenvalue weighted by molar-refractivity contribution is 0.0920. The Kier molecular flexibility index (Phi) is 5.40. The third-order valence-electron chi connectivity index (χ3n) is 6.26. The van der Waals surface area contributed by atoms with E-state index < -0.39 is 6.10 Å². The molecule has 9 heteroatoms. The summed E-state index contributed by atoms with van der Waals surface area (Å²) in [7, 11) is 1.87. The van der Waals surface area contributed by atoms with Crippen molar-refractivity contribution in [1.29, 1.82) is 0 Å². The predicted octanol–water partition coefficient (Wildman–Crippen LogP) is 1.69. The third-order valence-corrected chi connectivity index (χ3v) is 7.37. The van der Waals surface area contributed by atoms with Crippen molar-refractivity contribution >= 4 is 38.8 Å². The van der Waals surface area contributed by atoms with Gasteiger partial charge in [0.15, 0.2) is 0 Å². The second-order valence-electron chi connectivity index (χ2n) is 8.50. The molecule has 4 heterocycles. The first-order chi connectivity index (χ1) is 15.4. The lowest BCUT2D eigenvalue weighted by Crippen LogP contribution is -2.42. The van der Waals surface area contributed by atoms with Crippen LogP contribution >= 0.6 is 11.3 Å². The first kappa shape index (κ1) is 21.0. The summed E-state index contributed by atoms with van der Waals surface area (Å²) in [5, 5.41) is 17.2. The number of ether oxygens (including phenoxy) is 1. The maximum absolute atomic E-state index is 12.9. The van der Waals surface area contributed by atoms with Crippen LogP contribution in [0, 0.1) is 6.92 Å². The van der Waals surface area contributed by atoms with Crippen LogP contribution in [0.1, 0.15) is 20.9 Å². The molecule has 3 aromatic rings. The van der Waals surface area contributed by atoms with Gasteiger partial charge in [-0.15, -0.1) is 11.3 Å². The molecule has 1 fully saturated rings. The Morgan fingerprint density at radius 2 is 2.16 bits per heavy atom. The summed E-state index contributed by atoms with van der Waals surface area (Å²) >= 11 is 1.32. The minimum absolute atomic E-state index is 0.0620. The van der Waals surface area contributed by atoms with E-state index in [0.717, 1.165) is 39.5 Å².